The first kappa shape index (κ1) is 48.2. The van der Waals surface area contributed by atoms with Crippen LogP contribution < -0.4 is 0 Å². The summed E-state index contributed by atoms with van der Waals surface area (Å²) < 4.78 is 35.2. The zero-order valence-electron chi connectivity index (χ0n) is 48.0. The first-order valence-electron chi connectivity index (χ1n) is 27.2. The number of fused-ring (bicyclic) bond motifs is 7. The zero-order chi connectivity index (χ0) is 54.2. The van der Waals surface area contributed by atoms with Crippen molar-refractivity contribution in [2.24, 2.45) is 0 Å². The van der Waals surface area contributed by atoms with Gasteiger partial charge in [-0.05, 0) is 120 Å². The second-order valence-corrected chi connectivity index (χ2v) is 23.4. The molecule has 74 heavy (non-hydrogen) atoms. The number of imidazole rings is 1. The van der Waals surface area contributed by atoms with Gasteiger partial charge in [0.1, 0.15) is 5.58 Å². The molecule has 0 amide bonds. The van der Waals surface area contributed by atoms with Crippen LogP contribution in [0.25, 0.3) is 94.1 Å². The molecular formula is C68H68IrN4O-2. The van der Waals surface area contributed by atoms with Crippen molar-refractivity contribution in [1.82, 2.24) is 19.5 Å². The van der Waals surface area contributed by atoms with E-state index in [1.54, 1.807) is 6.07 Å². The standard InChI is InChI=1S/C54H53N2O.C14H15N2.Ir/c1-31(2)42-27-37(36-24-38(53(6,7)8)29-39(25-36)54(9,10)11)28-43(32(3)4)50(42)56-47-19-15-14-18-46(47)55-52(56)41-23-20-33(5)49-45-26-35-22-21-34-16-12-13-17-40(34)44(35)30-48(45)57-51(41)49;1-14(2,3)12-9-10-15-13(16-12)11-7-5-4-6-8-11;/h12-22,24-32H,1-11H3;4-7,9-10H,1-3H3;/q2*-1;/i5D3;;. The van der Waals surface area contributed by atoms with Crippen molar-refractivity contribution in [3.63, 3.8) is 0 Å². The molecule has 3 heterocycles. The van der Waals surface area contributed by atoms with Crippen molar-refractivity contribution in [2.45, 2.75) is 125 Å². The predicted octanol–water partition coefficient (Wildman–Crippen LogP) is 18.8. The number of hydrogen-bond donors (Lipinski definition) is 0. The van der Waals surface area contributed by atoms with Gasteiger partial charge in [-0.2, -0.15) is 0 Å². The minimum atomic E-state index is -2.40. The van der Waals surface area contributed by atoms with Crippen LogP contribution in [-0.2, 0) is 36.4 Å². The maximum atomic E-state index is 8.67. The summed E-state index contributed by atoms with van der Waals surface area (Å²) in [6.45, 7) is 26.8. The Morgan fingerprint density at radius 2 is 1.26 bits per heavy atom. The minimum Gasteiger partial charge on any atom is -0.501 e. The molecule has 11 aromatic rings. The van der Waals surface area contributed by atoms with Gasteiger partial charge in [-0.15, -0.1) is 53.6 Å². The monoisotopic (exact) mass is 1150 g/mol. The molecule has 0 aliphatic rings. The Balaban J connectivity index is 0.000000364. The largest absolute Gasteiger partial charge is 0.501 e. The Bertz CT molecular complexity index is 3930. The van der Waals surface area contributed by atoms with Gasteiger partial charge in [-0.25, -0.2) is 0 Å². The number of hydrogen-bond acceptors (Lipinski definition) is 4. The summed E-state index contributed by atoms with van der Waals surface area (Å²) in [4.78, 5) is 14.2. The topological polar surface area (TPSA) is 56.7 Å². The molecule has 6 heteroatoms. The van der Waals surface area contributed by atoms with E-state index in [1.807, 2.05) is 60.8 Å². The number of furan rings is 1. The molecule has 0 fully saturated rings. The van der Waals surface area contributed by atoms with Gasteiger partial charge in [0.2, 0.25) is 0 Å². The molecule has 0 aliphatic carbocycles. The molecule has 3 aromatic heterocycles. The number of aryl methyl sites for hydroxylation is 1. The molecule has 0 N–H and O–H groups in total. The number of nitrogens with zero attached hydrogens (tertiary/aromatic N) is 4. The third-order valence-electron chi connectivity index (χ3n) is 14.2. The van der Waals surface area contributed by atoms with Crippen molar-refractivity contribution >= 4 is 54.5 Å². The first-order valence-corrected chi connectivity index (χ1v) is 25.7. The zero-order valence-corrected chi connectivity index (χ0v) is 47.4. The molecule has 11 rings (SSSR count). The number of benzene rings is 8. The molecule has 5 nitrogen and oxygen atoms in total. The smallest absolute Gasteiger partial charge is 0.121 e. The second kappa shape index (κ2) is 19.9. The van der Waals surface area contributed by atoms with E-state index in [1.165, 1.54) is 33.4 Å². The number of aromatic nitrogens is 4. The van der Waals surface area contributed by atoms with Crippen LogP contribution >= 0.6 is 0 Å². The molecule has 0 spiro atoms. The minimum absolute atomic E-state index is 0. The van der Waals surface area contributed by atoms with Gasteiger partial charge >= 0.3 is 0 Å². The molecule has 1 radical (unpaired) electrons. The van der Waals surface area contributed by atoms with Gasteiger partial charge in [0.15, 0.2) is 0 Å². The maximum Gasteiger partial charge on any atom is 0.121 e. The van der Waals surface area contributed by atoms with Crippen molar-refractivity contribution in [3.8, 4) is 39.6 Å². The molecular weight excluding hydrogens is 1080 g/mol. The van der Waals surface area contributed by atoms with Crippen molar-refractivity contribution in [2.75, 3.05) is 0 Å². The molecule has 0 aliphatic heterocycles. The number of para-hydroxylation sites is 2. The molecule has 0 atom stereocenters. The molecule has 8 aromatic carbocycles. The molecule has 0 saturated heterocycles. The van der Waals surface area contributed by atoms with E-state index in [-0.39, 0.29) is 53.7 Å². The summed E-state index contributed by atoms with van der Waals surface area (Å²) in [5, 5.41) is 5.67. The summed E-state index contributed by atoms with van der Waals surface area (Å²) >= 11 is 0. The van der Waals surface area contributed by atoms with Crippen molar-refractivity contribution < 1.29 is 28.6 Å². The van der Waals surface area contributed by atoms with E-state index in [9.17, 15) is 0 Å². The van der Waals surface area contributed by atoms with Crippen LogP contribution in [0, 0.1) is 19.0 Å². The summed E-state index contributed by atoms with van der Waals surface area (Å²) in [6, 6.07) is 54.8. The van der Waals surface area contributed by atoms with E-state index in [0.29, 0.717) is 27.9 Å². The first-order chi connectivity index (χ1) is 35.9. The Kier molecular flexibility index (Phi) is 12.9. The van der Waals surface area contributed by atoms with Gasteiger partial charge in [0, 0.05) is 52.6 Å². The average molecular weight is 1150 g/mol. The third-order valence-corrected chi connectivity index (χ3v) is 14.2. The van der Waals surface area contributed by atoms with Crippen molar-refractivity contribution in [1.29, 1.82) is 0 Å². The SMILES string of the molecule is CC(C)(C)c1ccnc(-c2[c-]cccc2)n1.[2H]C([2H])([2H])c1c[c-]c(-c2nc3ccccc3n2-c2c(C(C)C)cc(-c3cc(C(C)(C)C)cc(C(C)(C)C)c3)cc2C(C)C)c2oc3cc4c(ccc5ccccc54)cc3c12.[Ir]. The summed E-state index contributed by atoms with van der Waals surface area (Å²) in [5.41, 5.74) is 14.3. The summed E-state index contributed by atoms with van der Waals surface area (Å²) in [6.07, 6.45) is 1.81. The van der Waals surface area contributed by atoms with Gasteiger partial charge < -0.3 is 8.98 Å². The van der Waals surface area contributed by atoms with Crippen LogP contribution in [0.2, 0.25) is 0 Å². The van der Waals surface area contributed by atoms with Gasteiger partial charge in [-0.3, -0.25) is 15.0 Å². The van der Waals surface area contributed by atoms with Crippen LogP contribution in [0.4, 0.5) is 0 Å². The van der Waals surface area contributed by atoms with Crippen molar-refractivity contribution in [3.05, 3.63) is 191 Å². The molecule has 377 valence electrons. The van der Waals surface area contributed by atoms with E-state index < -0.39 is 6.85 Å². The van der Waals surface area contributed by atoms with Crippen LogP contribution in [-0.4, -0.2) is 19.5 Å². The van der Waals surface area contributed by atoms with E-state index >= 15 is 0 Å². The normalized spacial score (nSPS) is 13.1. The van der Waals surface area contributed by atoms with Crippen LogP contribution in [0.5, 0.6) is 0 Å². The molecule has 0 bridgehead atoms. The van der Waals surface area contributed by atoms with Gasteiger partial charge in [0.25, 0.3) is 0 Å². The van der Waals surface area contributed by atoms with Crippen LogP contribution in [0.15, 0.2) is 150 Å². The van der Waals surface area contributed by atoms with E-state index in [2.05, 4.69) is 196 Å². The van der Waals surface area contributed by atoms with Crippen LogP contribution in [0.3, 0.4) is 0 Å². The Morgan fingerprint density at radius 3 is 1.91 bits per heavy atom. The maximum absolute atomic E-state index is 8.67. The fourth-order valence-corrected chi connectivity index (χ4v) is 9.99. The Hall–Kier alpha value is -6.72. The van der Waals surface area contributed by atoms with Gasteiger partial charge in [-0.1, -0.05) is 175 Å². The molecule has 0 saturated carbocycles. The van der Waals surface area contributed by atoms with Gasteiger partial charge in [0.05, 0.1) is 28.3 Å². The molecule has 0 unspecified atom stereocenters. The fourth-order valence-electron chi connectivity index (χ4n) is 9.99. The second-order valence-electron chi connectivity index (χ2n) is 23.4. The fraction of sp³-hybridized carbons (Fsp3) is 0.279. The Morgan fingerprint density at radius 1 is 0.608 bits per heavy atom. The summed E-state index contributed by atoms with van der Waals surface area (Å²) in [5.74, 6) is 1.73. The Labute approximate surface area is 456 Å². The predicted molar refractivity (Wildman–Crippen MR) is 308 cm³/mol. The van der Waals surface area contributed by atoms with E-state index in [4.69, 9.17) is 13.5 Å². The number of rotatable bonds is 6. The summed E-state index contributed by atoms with van der Waals surface area (Å²) in [7, 11) is 0. The third kappa shape index (κ3) is 9.87. The quantitative estimate of drug-likeness (QED) is 0.123. The van der Waals surface area contributed by atoms with E-state index in [0.717, 1.165) is 60.7 Å². The van der Waals surface area contributed by atoms with Crippen LogP contribution in [0.1, 0.15) is 139 Å². The average Bonchev–Trinajstić information content (AvgIpc) is 4.06.